The predicted molar refractivity (Wildman–Crippen MR) is 97.1 cm³/mol. The molecule has 0 aliphatic heterocycles. The van der Waals surface area contributed by atoms with E-state index in [2.05, 4.69) is 10.6 Å². The van der Waals surface area contributed by atoms with Crippen molar-refractivity contribution in [2.45, 2.75) is 0 Å². The minimum atomic E-state index is -0.491. The van der Waals surface area contributed by atoms with Gasteiger partial charge >= 0.3 is 0 Å². The van der Waals surface area contributed by atoms with Crippen molar-refractivity contribution >= 4 is 29.3 Å². The molecule has 26 heavy (non-hydrogen) atoms. The standard InChI is InChI=1S/C18H17N3O5/c1-19-18(23)13-6-9-15(16(11-13)26-2)20-17(22)10-5-12-3-7-14(8-4-12)21(24)25/h3-11H,1-2H3,(H,19,23)(H,20,22)/b10-5+. The van der Waals surface area contributed by atoms with Gasteiger partial charge in [0, 0.05) is 30.8 Å². The van der Waals surface area contributed by atoms with Gasteiger partial charge in [-0.2, -0.15) is 0 Å². The number of ether oxygens (including phenoxy) is 1. The molecule has 2 aromatic rings. The van der Waals surface area contributed by atoms with E-state index >= 15 is 0 Å². The summed E-state index contributed by atoms with van der Waals surface area (Å²) in [5.74, 6) is -0.322. The van der Waals surface area contributed by atoms with Crippen molar-refractivity contribution in [1.29, 1.82) is 0 Å². The van der Waals surface area contributed by atoms with Gasteiger partial charge in [0.05, 0.1) is 17.7 Å². The van der Waals surface area contributed by atoms with Crippen LogP contribution in [0.2, 0.25) is 0 Å². The molecule has 0 fully saturated rings. The van der Waals surface area contributed by atoms with Crippen molar-refractivity contribution in [2.24, 2.45) is 0 Å². The molecular formula is C18H17N3O5. The number of nitrogens with one attached hydrogen (secondary N) is 2. The first-order chi connectivity index (χ1) is 12.4. The maximum atomic E-state index is 12.1. The Kier molecular flexibility index (Phi) is 6.05. The lowest BCUT2D eigenvalue weighted by molar-refractivity contribution is -0.384. The van der Waals surface area contributed by atoms with Crippen LogP contribution in [0, 0.1) is 10.1 Å². The van der Waals surface area contributed by atoms with Crippen LogP contribution >= 0.6 is 0 Å². The fraction of sp³-hybridized carbons (Fsp3) is 0.111. The lowest BCUT2D eigenvalue weighted by atomic mass is 10.1. The Hall–Kier alpha value is -3.68. The number of non-ortho nitro benzene ring substituents is 1. The molecule has 8 nitrogen and oxygen atoms in total. The number of nitro groups is 1. The number of rotatable bonds is 6. The number of amides is 2. The first kappa shape index (κ1) is 18.7. The van der Waals surface area contributed by atoms with E-state index in [9.17, 15) is 19.7 Å². The van der Waals surface area contributed by atoms with Crippen molar-refractivity contribution in [2.75, 3.05) is 19.5 Å². The van der Waals surface area contributed by atoms with Crippen LogP contribution in [0.5, 0.6) is 5.75 Å². The molecule has 0 aliphatic rings. The molecule has 0 spiro atoms. The van der Waals surface area contributed by atoms with Gasteiger partial charge in [0.1, 0.15) is 5.75 Å². The fourth-order valence-corrected chi connectivity index (χ4v) is 2.13. The van der Waals surface area contributed by atoms with E-state index in [0.717, 1.165) is 0 Å². The Morgan fingerprint density at radius 1 is 1.15 bits per heavy atom. The van der Waals surface area contributed by atoms with Gasteiger partial charge in [-0.1, -0.05) is 0 Å². The molecule has 0 radical (unpaired) electrons. The van der Waals surface area contributed by atoms with E-state index in [-0.39, 0.29) is 11.6 Å². The smallest absolute Gasteiger partial charge is 0.269 e. The third-order valence-corrected chi connectivity index (χ3v) is 3.48. The molecule has 0 heterocycles. The van der Waals surface area contributed by atoms with Crippen molar-refractivity contribution in [3.63, 3.8) is 0 Å². The first-order valence-corrected chi connectivity index (χ1v) is 7.58. The molecule has 0 aliphatic carbocycles. The van der Waals surface area contributed by atoms with Crippen molar-refractivity contribution in [3.05, 3.63) is 69.8 Å². The van der Waals surface area contributed by atoms with E-state index in [0.29, 0.717) is 22.6 Å². The number of hydrogen-bond acceptors (Lipinski definition) is 5. The zero-order valence-electron chi connectivity index (χ0n) is 14.2. The molecule has 2 amide bonds. The average Bonchev–Trinajstić information content (AvgIpc) is 2.66. The van der Waals surface area contributed by atoms with E-state index in [1.165, 1.54) is 44.5 Å². The first-order valence-electron chi connectivity index (χ1n) is 7.58. The molecule has 0 bridgehead atoms. The van der Waals surface area contributed by atoms with Gasteiger partial charge in [0.25, 0.3) is 11.6 Å². The summed E-state index contributed by atoms with van der Waals surface area (Å²) < 4.78 is 5.20. The van der Waals surface area contributed by atoms with Crippen LogP contribution in [0.1, 0.15) is 15.9 Å². The molecule has 2 aromatic carbocycles. The fourth-order valence-electron chi connectivity index (χ4n) is 2.13. The predicted octanol–water partition coefficient (Wildman–Crippen LogP) is 2.61. The van der Waals surface area contributed by atoms with Crippen LogP contribution < -0.4 is 15.4 Å². The SMILES string of the molecule is CNC(=O)c1ccc(NC(=O)/C=C/c2ccc([N+](=O)[O-])cc2)c(OC)c1. The van der Waals surface area contributed by atoms with Gasteiger partial charge in [-0.3, -0.25) is 19.7 Å². The van der Waals surface area contributed by atoms with E-state index in [1.54, 1.807) is 24.3 Å². The third-order valence-electron chi connectivity index (χ3n) is 3.48. The van der Waals surface area contributed by atoms with E-state index < -0.39 is 10.8 Å². The van der Waals surface area contributed by atoms with Crippen molar-refractivity contribution < 1.29 is 19.2 Å². The van der Waals surface area contributed by atoms with Gasteiger partial charge in [-0.05, 0) is 42.0 Å². The van der Waals surface area contributed by atoms with Gasteiger partial charge in [-0.25, -0.2) is 0 Å². The highest BCUT2D eigenvalue weighted by Gasteiger charge is 2.10. The summed E-state index contributed by atoms with van der Waals surface area (Å²) in [4.78, 5) is 33.8. The van der Waals surface area contributed by atoms with Crippen LogP contribution in [-0.2, 0) is 4.79 Å². The second kappa shape index (κ2) is 8.43. The molecule has 0 saturated heterocycles. The van der Waals surface area contributed by atoms with E-state index in [1.807, 2.05) is 0 Å². The molecule has 0 unspecified atom stereocenters. The number of nitrogens with zero attached hydrogens (tertiary/aromatic N) is 1. The largest absolute Gasteiger partial charge is 0.495 e. The van der Waals surface area contributed by atoms with Gasteiger partial charge in [0.15, 0.2) is 0 Å². The number of benzene rings is 2. The topological polar surface area (TPSA) is 111 Å². The molecule has 8 heteroatoms. The molecule has 2 rings (SSSR count). The number of carbonyl (C=O) groups excluding carboxylic acids is 2. The van der Waals surface area contributed by atoms with Crippen LogP contribution in [0.15, 0.2) is 48.5 Å². The summed E-state index contributed by atoms with van der Waals surface area (Å²) in [6, 6.07) is 10.5. The summed E-state index contributed by atoms with van der Waals surface area (Å²) >= 11 is 0. The lowest BCUT2D eigenvalue weighted by Gasteiger charge is -2.10. The van der Waals surface area contributed by atoms with Crippen LogP contribution in [0.4, 0.5) is 11.4 Å². The number of methoxy groups -OCH3 is 1. The Morgan fingerprint density at radius 2 is 1.85 bits per heavy atom. The summed E-state index contributed by atoms with van der Waals surface area (Å²) in [7, 11) is 2.96. The summed E-state index contributed by atoms with van der Waals surface area (Å²) in [6.45, 7) is 0. The molecular weight excluding hydrogens is 338 g/mol. The summed E-state index contributed by atoms with van der Waals surface area (Å²) in [6.07, 6.45) is 2.83. The maximum absolute atomic E-state index is 12.1. The highest BCUT2D eigenvalue weighted by molar-refractivity contribution is 6.03. The second-order valence-electron chi connectivity index (χ2n) is 5.17. The Morgan fingerprint density at radius 3 is 2.42 bits per heavy atom. The van der Waals surface area contributed by atoms with Crippen molar-refractivity contribution in [3.8, 4) is 5.75 Å². The summed E-state index contributed by atoms with van der Waals surface area (Å²) in [5.41, 5.74) is 1.45. The quantitative estimate of drug-likeness (QED) is 0.470. The molecule has 2 N–H and O–H groups in total. The molecule has 134 valence electrons. The van der Waals surface area contributed by atoms with Gasteiger partial charge in [-0.15, -0.1) is 0 Å². The molecule has 0 atom stereocenters. The highest BCUT2D eigenvalue weighted by atomic mass is 16.6. The average molecular weight is 355 g/mol. The molecule has 0 aromatic heterocycles. The normalized spacial score (nSPS) is 10.4. The Balaban J connectivity index is 2.09. The maximum Gasteiger partial charge on any atom is 0.269 e. The zero-order chi connectivity index (χ0) is 19.1. The van der Waals surface area contributed by atoms with Gasteiger partial charge in [0.2, 0.25) is 5.91 Å². The van der Waals surface area contributed by atoms with Crippen LogP contribution in [-0.4, -0.2) is 30.9 Å². The minimum absolute atomic E-state index is 0.0208. The number of anilines is 1. The second-order valence-corrected chi connectivity index (χ2v) is 5.17. The van der Waals surface area contributed by atoms with E-state index in [4.69, 9.17) is 4.74 Å². The number of carbonyl (C=O) groups is 2. The van der Waals surface area contributed by atoms with Crippen LogP contribution in [0.25, 0.3) is 6.08 Å². The Bertz CT molecular complexity index is 860. The Labute approximate surface area is 149 Å². The summed E-state index contributed by atoms with van der Waals surface area (Å²) in [5, 5.41) is 15.8. The van der Waals surface area contributed by atoms with Gasteiger partial charge < -0.3 is 15.4 Å². The third kappa shape index (κ3) is 4.67. The number of hydrogen-bond donors (Lipinski definition) is 2. The molecule has 0 saturated carbocycles. The number of nitro benzene ring substituents is 1. The van der Waals surface area contributed by atoms with Crippen LogP contribution in [0.3, 0.4) is 0 Å². The minimum Gasteiger partial charge on any atom is -0.495 e. The highest BCUT2D eigenvalue weighted by Crippen LogP contribution is 2.25. The lowest BCUT2D eigenvalue weighted by Crippen LogP contribution is -2.18. The zero-order valence-corrected chi connectivity index (χ0v) is 14.2. The monoisotopic (exact) mass is 355 g/mol. The van der Waals surface area contributed by atoms with Crippen molar-refractivity contribution in [1.82, 2.24) is 5.32 Å².